The number of thiazole rings is 1. The van der Waals surface area contributed by atoms with Crippen molar-refractivity contribution in [1.82, 2.24) is 9.97 Å². The molecule has 3 nitrogen and oxygen atoms in total. The third kappa shape index (κ3) is 3.81. The number of anilines is 1. The molecule has 0 saturated carbocycles. The Bertz CT molecular complexity index is 543. The van der Waals surface area contributed by atoms with Crippen molar-refractivity contribution in [2.45, 2.75) is 12.6 Å². The first-order chi connectivity index (χ1) is 8.97. The van der Waals surface area contributed by atoms with Gasteiger partial charge >= 0.3 is 6.18 Å². The molecular weight excluding hydrogens is 299 g/mol. The number of rotatable bonds is 4. The highest BCUT2D eigenvalue weighted by Gasteiger charge is 2.31. The summed E-state index contributed by atoms with van der Waals surface area (Å²) in [5, 5.41) is 4.74. The molecule has 2 heterocycles. The van der Waals surface area contributed by atoms with Crippen LogP contribution in [0.15, 0.2) is 23.2 Å². The van der Waals surface area contributed by atoms with Crippen LogP contribution in [0.4, 0.5) is 19.0 Å². The molecule has 2 aromatic heterocycles. The molecule has 0 bridgehead atoms. The maximum atomic E-state index is 12.4. The van der Waals surface area contributed by atoms with E-state index < -0.39 is 11.7 Å². The Hall–Kier alpha value is -1.34. The zero-order valence-corrected chi connectivity index (χ0v) is 11.1. The van der Waals surface area contributed by atoms with Crippen molar-refractivity contribution in [2.75, 3.05) is 11.9 Å². The molecule has 0 unspecified atom stereocenters. The van der Waals surface area contributed by atoms with E-state index in [0.29, 0.717) is 13.0 Å². The SMILES string of the molecule is FC(F)(F)c1cnc(NCCc2cscn2)c(Cl)c1. The van der Waals surface area contributed by atoms with E-state index in [1.165, 1.54) is 11.3 Å². The molecule has 0 aromatic carbocycles. The van der Waals surface area contributed by atoms with Crippen molar-refractivity contribution in [2.24, 2.45) is 0 Å². The fourth-order valence-corrected chi connectivity index (χ4v) is 2.22. The molecule has 0 atom stereocenters. The molecule has 0 fully saturated rings. The van der Waals surface area contributed by atoms with Crippen LogP contribution >= 0.6 is 22.9 Å². The molecule has 8 heteroatoms. The molecule has 19 heavy (non-hydrogen) atoms. The van der Waals surface area contributed by atoms with E-state index in [-0.39, 0.29) is 10.8 Å². The fraction of sp³-hybridized carbons (Fsp3) is 0.273. The van der Waals surface area contributed by atoms with Gasteiger partial charge in [-0.2, -0.15) is 13.2 Å². The lowest BCUT2D eigenvalue weighted by Gasteiger charge is -2.10. The lowest BCUT2D eigenvalue weighted by Crippen LogP contribution is -2.10. The fourth-order valence-electron chi connectivity index (χ4n) is 1.39. The summed E-state index contributed by atoms with van der Waals surface area (Å²) in [7, 11) is 0. The van der Waals surface area contributed by atoms with E-state index >= 15 is 0 Å². The van der Waals surface area contributed by atoms with Gasteiger partial charge in [0.1, 0.15) is 5.82 Å². The molecule has 0 saturated heterocycles. The number of alkyl halides is 3. The number of pyridine rings is 1. The molecule has 0 aliphatic rings. The average molecular weight is 308 g/mol. The lowest BCUT2D eigenvalue weighted by atomic mass is 10.2. The van der Waals surface area contributed by atoms with Crippen molar-refractivity contribution < 1.29 is 13.2 Å². The summed E-state index contributed by atoms with van der Waals surface area (Å²) in [5.74, 6) is 0.241. The predicted octanol–water partition coefficient (Wildman–Crippen LogP) is 3.86. The standard InChI is InChI=1S/C11H9ClF3N3S/c12-9-3-7(11(13,14)15)4-17-10(9)16-2-1-8-5-19-6-18-8/h3-6H,1-2H2,(H,16,17). The molecule has 0 radical (unpaired) electrons. The van der Waals surface area contributed by atoms with Crippen LogP contribution in [0.5, 0.6) is 0 Å². The van der Waals surface area contributed by atoms with E-state index in [2.05, 4.69) is 15.3 Å². The maximum absolute atomic E-state index is 12.4. The molecule has 102 valence electrons. The molecule has 0 aliphatic carbocycles. The van der Waals surface area contributed by atoms with E-state index in [1.54, 1.807) is 5.51 Å². The highest BCUT2D eigenvalue weighted by molar-refractivity contribution is 7.07. The third-order valence-corrected chi connectivity index (χ3v) is 3.25. The topological polar surface area (TPSA) is 37.8 Å². The number of halogens is 4. The molecule has 2 aromatic rings. The van der Waals surface area contributed by atoms with E-state index in [4.69, 9.17) is 11.6 Å². The van der Waals surface area contributed by atoms with Crippen molar-refractivity contribution in [3.63, 3.8) is 0 Å². The zero-order chi connectivity index (χ0) is 13.9. The smallest absolute Gasteiger partial charge is 0.368 e. The van der Waals surface area contributed by atoms with Crippen LogP contribution in [0, 0.1) is 0 Å². The van der Waals surface area contributed by atoms with Crippen molar-refractivity contribution >= 4 is 28.8 Å². The maximum Gasteiger partial charge on any atom is 0.417 e. The second-order valence-electron chi connectivity index (χ2n) is 3.71. The van der Waals surface area contributed by atoms with Crippen LogP contribution in [0.3, 0.4) is 0 Å². The summed E-state index contributed by atoms with van der Waals surface area (Å²) in [6.45, 7) is 0.502. The first-order valence-electron chi connectivity index (χ1n) is 5.30. The van der Waals surface area contributed by atoms with Gasteiger partial charge in [0.05, 0.1) is 21.8 Å². The Kier molecular flexibility index (Phi) is 4.26. The molecule has 0 spiro atoms. The van der Waals surface area contributed by atoms with E-state index in [1.807, 2.05) is 5.38 Å². The molecule has 0 aliphatic heterocycles. The van der Waals surface area contributed by atoms with Crippen LogP contribution in [0.1, 0.15) is 11.3 Å². The summed E-state index contributed by atoms with van der Waals surface area (Å²) < 4.78 is 37.2. The Morgan fingerprint density at radius 1 is 1.32 bits per heavy atom. The van der Waals surface area contributed by atoms with Crippen molar-refractivity contribution in [3.8, 4) is 0 Å². The summed E-state index contributed by atoms with van der Waals surface area (Å²) in [6.07, 6.45) is -3.02. The largest absolute Gasteiger partial charge is 0.417 e. The minimum Gasteiger partial charge on any atom is -0.368 e. The van der Waals surface area contributed by atoms with Crippen LogP contribution in [0.25, 0.3) is 0 Å². The van der Waals surface area contributed by atoms with E-state index in [0.717, 1.165) is 18.0 Å². The number of aromatic nitrogens is 2. The summed E-state index contributed by atoms with van der Waals surface area (Å²) in [4.78, 5) is 7.78. The van der Waals surface area contributed by atoms with Gasteiger partial charge in [-0.3, -0.25) is 0 Å². The van der Waals surface area contributed by atoms with Crippen molar-refractivity contribution in [1.29, 1.82) is 0 Å². The normalized spacial score (nSPS) is 11.6. The molecule has 2 rings (SSSR count). The predicted molar refractivity (Wildman–Crippen MR) is 68.6 cm³/mol. The van der Waals surface area contributed by atoms with Gasteiger partial charge in [0, 0.05) is 24.5 Å². The second kappa shape index (κ2) is 5.75. The summed E-state index contributed by atoms with van der Waals surface area (Å²) >= 11 is 7.25. The van der Waals surface area contributed by atoms with Gasteiger partial charge < -0.3 is 5.32 Å². The third-order valence-electron chi connectivity index (χ3n) is 2.33. The Morgan fingerprint density at radius 3 is 2.68 bits per heavy atom. The van der Waals surface area contributed by atoms with Gasteiger partial charge in [0.25, 0.3) is 0 Å². The Balaban J connectivity index is 1.97. The number of nitrogens with one attached hydrogen (secondary N) is 1. The minimum atomic E-state index is -4.43. The quantitative estimate of drug-likeness (QED) is 0.932. The van der Waals surface area contributed by atoms with Crippen LogP contribution in [-0.4, -0.2) is 16.5 Å². The first-order valence-corrected chi connectivity index (χ1v) is 6.62. The van der Waals surface area contributed by atoms with Crippen LogP contribution in [-0.2, 0) is 12.6 Å². The molecule has 1 N–H and O–H groups in total. The Labute approximate surface area is 116 Å². The molecule has 0 amide bonds. The first kappa shape index (κ1) is 14.1. The van der Waals surface area contributed by atoms with Gasteiger partial charge in [-0.25, -0.2) is 9.97 Å². The minimum absolute atomic E-state index is 0.0481. The lowest BCUT2D eigenvalue weighted by molar-refractivity contribution is -0.137. The van der Waals surface area contributed by atoms with Gasteiger partial charge in [-0.15, -0.1) is 11.3 Å². The highest BCUT2D eigenvalue weighted by atomic mass is 35.5. The number of hydrogen-bond donors (Lipinski definition) is 1. The average Bonchev–Trinajstić information content (AvgIpc) is 2.83. The number of hydrogen-bond acceptors (Lipinski definition) is 4. The van der Waals surface area contributed by atoms with E-state index in [9.17, 15) is 13.2 Å². The van der Waals surface area contributed by atoms with Gasteiger partial charge in [-0.1, -0.05) is 11.6 Å². The van der Waals surface area contributed by atoms with Gasteiger partial charge in [-0.05, 0) is 6.07 Å². The van der Waals surface area contributed by atoms with Crippen LogP contribution < -0.4 is 5.32 Å². The van der Waals surface area contributed by atoms with Gasteiger partial charge in [0.2, 0.25) is 0 Å². The molecular formula is C11H9ClF3N3S. The summed E-state index contributed by atoms with van der Waals surface area (Å²) in [6, 6.07) is 0.861. The second-order valence-corrected chi connectivity index (χ2v) is 4.83. The monoisotopic (exact) mass is 307 g/mol. The highest BCUT2D eigenvalue weighted by Crippen LogP contribution is 2.32. The van der Waals surface area contributed by atoms with Crippen molar-refractivity contribution in [3.05, 3.63) is 39.4 Å². The summed E-state index contributed by atoms with van der Waals surface area (Å²) in [5.41, 5.74) is 1.78. The number of nitrogens with zero attached hydrogens (tertiary/aromatic N) is 2. The van der Waals surface area contributed by atoms with Gasteiger partial charge in [0.15, 0.2) is 0 Å². The Morgan fingerprint density at radius 2 is 2.11 bits per heavy atom. The van der Waals surface area contributed by atoms with Crippen LogP contribution in [0.2, 0.25) is 5.02 Å². The zero-order valence-electron chi connectivity index (χ0n) is 9.54.